The van der Waals surface area contributed by atoms with Gasteiger partial charge in [0.15, 0.2) is 10.7 Å². The lowest BCUT2D eigenvalue weighted by Gasteiger charge is -2.26. The van der Waals surface area contributed by atoms with Gasteiger partial charge < -0.3 is 14.2 Å². The molecular weight excluding hydrogens is 505 g/mol. The number of fused-ring (bicyclic) bond motifs is 1. The standard InChI is InChI=1S/C30H30FNO5S/c1-35-25-11-13-27-21(19-25)5-12-26(22-6-14-29(38(33)34)28(31)20-22)30(27)37-24-9-7-23(8-10-24)36-18-17-32-15-3-2-4-16-32/h5-14,19-20,38H,2-4,15-18H2,1H3. The van der Waals surface area contributed by atoms with Crippen LogP contribution in [0.3, 0.4) is 0 Å². The molecule has 0 saturated carbocycles. The van der Waals surface area contributed by atoms with Crippen LogP contribution in [0.5, 0.6) is 23.0 Å². The second-order valence-electron chi connectivity index (χ2n) is 9.28. The number of rotatable bonds is 9. The molecular formula is C30H30FNO5S. The van der Waals surface area contributed by atoms with E-state index in [4.69, 9.17) is 14.2 Å². The summed E-state index contributed by atoms with van der Waals surface area (Å²) in [6, 6.07) is 20.9. The van der Waals surface area contributed by atoms with E-state index < -0.39 is 16.5 Å². The number of thiol groups is 1. The second-order valence-corrected chi connectivity index (χ2v) is 10.3. The van der Waals surface area contributed by atoms with Gasteiger partial charge in [-0.3, -0.25) is 4.90 Å². The Balaban J connectivity index is 1.42. The lowest BCUT2D eigenvalue weighted by molar-refractivity contribution is 0.183. The highest BCUT2D eigenvalue weighted by molar-refractivity contribution is 7.72. The van der Waals surface area contributed by atoms with Crippen molar-refractivity contribution in [2.24, 2.45) is 0 Å². The quantitative estimate of drug-likeness (QED) is 0.255. The van der Waals surface area contributed by atoms with Gasteiger partial charge in [0.05, 0.1) is 12.0 Å². The lowest BCUT2D eigenvalue weighted by atomic mass is 9.99. The van der Waals surface area contributed by atoms with Gasteiger partial charge in [-0.2, -0.15) is 0 Å². The smallest absolute Gasteiger partial charge is 0.171 e. The Morgan fingerprint density at radius 2 is 1.58 bits per heavy atom. The van der Waals surface area contributed by atoms with Crippen molar-refractivity contribution in [3.63, 3.8) is 0 Å². The summed E-state index contributed by atoms with van der Waals surface area (Å²) in [5.74, 6) is 1.80. The molecule has 1 aliphatic rings. The van der Waals surface area contributed by atoms with Gasteiger partial charge in [0, 0.05) is 17.5 Å². The van der Waals surface area contributed by atoms with Gasteiger partial charge in [-0.25, -0.2) is 12.8 Å². The van der Waals surface area contributed by atoms with Gasteiger partial charge in [0.1, 0.15) is 35.4 Å². The zero-order chi connectivity index (χ0) is 26.5. The molecule has 4 aromatic carbocycles. The molecule has 1 heterocycles. The number of benzene rings is 4. The fourth-order valence-corrected chi connectivity index (χ4v) is 5.20. The third-order valence-electron chi connectivity index (χ3n) is 6.80. The minimum Gasteiger partial charge on any atom is -0.497 e. The number of ether oxygens (including phenoxy) is 3. The van der Waals surface area contributed by atoms with Crippen LogP contribution in [0.1, 0.15) is 19.3 Å². The Morgan fingerprint density at radius 1 is 0.842 bits per heavy atom. The summed E-state index contributed by atoms with van der Waals surface area (Å²) < 4.78 is 54.9. The van der Waals surface area contributed by atoms with E-state index in [1.807, 2.05) is 54.6 Å². The molecule has 1 fully saturated rings. The Kier molecular flexibility index (Phi) is 8.10. The molecule has 0 aliphatic carbocycles. The molecule has 1 saturated heterocycles. The van der Waals surface area contributed by atoms with Crippen molar-refractivity contribution in [1.29, 1.82) is 0 Å². The van der Waals surface area contributed by atoms with E-state index in [9.17, 15) is 12.8 Å². The molecule has 5 rings (SSSR count). The van der Waals surface area contributed by atoms with Crippen molar-refractivity contribution in [2.75, 3.05) is 33.4 Å². The molecule has 0 spiro atoms. The highest BCUT2D eigenvalue weighted by Crippen LogP contribution is 2.41. The number of hydrogen-bond acceptors (Lipinski definition) is 6. The third-order valence-corrected chi connectivity index (χ3v) is 7.56. The minimum atomic E-state index is -3.03. The van der Waals surface area contributed by atoms with Gasteiger partial charge in [0.25, 0.3) is 0 Å². The number of halogens is 1. The maximum absolute atomic E-state index is 14.6. The molecule has 4 aromatic rings. The Morgan fingerprint density at radius 3 is 2.29 bits per heavy atom. The van der Waals surface area contributed by atoms with Gasteiger partial charge in [-0.05, 0) is 97.5 Å². The highest BCUT2D eigenvalue weighted by Gasteiger charge is 2.16. The van der Waals surface area contributed by atoms with Gasteiger partial charge in [-0.15, -0.1) is 0 Å². The molecule has 8 heteroatoms. The van der Waals surface area contributed by atoms with Crippen LogP contribution in [0.2, 0.25) is 0 Å². The molecule has 198 valence electrons. The highest BCUT2D eigenvalue weighted by atomic mass is 32.2. The number of methoxy groups -OCH3 is 1. The Bertz CT molecular complexity index is 1490. The normalized spacial score (nSPS) is 14.1. The summed E-state index contributed by atoms with van der Waals surface area (Å²) in [6.07, 6.45) is 3.82. The van der Waals surface area contributed by atoms with Crippen LogP contribution in [0, 0.1) is 5.82 Å². The summed E-state index contributed by atoms with van der Waals surface area (Å²) in [6.45, 7) is 3.82. The van der Waals surface area contributed by atoms with Gasteiger partial charge in [0.2, 0.25) is 0 Å². The van der Waals surface area contributed by atoms with Crippen LogP contribution < -0.4 is 14.2 Å². The molecule has 38 heavy (non-hydrogen) atoms. The number of piperidine rings is 1. The predicted molar refractivity (Wildman–Crippen MR) is 147 cm³/mol. The monoisotopic (exact) mass is 535 g/mol. The topological polar surface area (TPSA) is 65.1 Å². The van der Waals surface area contributed by atoms with E-state index in [1.54, 1.807) is 13.2 Å². The fraction of sp³-hybridized carbons (Fsp3) is 0.267. The van der Waals surface area contributed by atoms with E-state index in [-0.39, 0.29) is 4.90 Å². The van der Waals surface area contributed by atoms with Crippen molar-refractivity contribution in [2.45, 2.75) is 24.2 Å². The van der Waals surface area contributed by atoms with Crippen LogP contribution in [0.25, 0.3) is 21.9 Å². The molecule has 0 aromatic heterocycles. The lowest BCUT2D eigenvalue weighted by Crippen LogP contribution is -2.33. The van der Waals surface area contributed by atoms with E-state index in [2.05, 4.69) is 4.90 Å². The van der Waals surface area contributed by atoms with Crippen molar-refractivity contribution < 1.29 is 27.0 Å². The predicted octanol–water partition coefficient (Wildman–Crippen LogP) is 6.28. The van der Waals surface area contributed by atoms with Crippen LogP contribution in [0.15, 0.2) is 77.7 Å². The van der Waals surface area contributed by atoms with Crippen LogP contribution >= 0.6 is 0 Å². The summed E-state index contributed by atoms with van der Waals surface area (Å²) in [5.41, 5.74) is 1.14. The van der Waals surface area contributed by atoms with Crippen LogP contribution in [0.4, 0.5) is 4.39 Å². The summed E-state index contributed by atoms with van der Waals surface area (Å²) in [5, 5.41) is 1.70. The van der Waals surface area contributed by atoms with Crippen molar-refractivity contribution >= 4 is 21.5 Å². The number of likely N-dealkylation sites (tertiary alicyclic amines) is 1. The Labute approximate surface area is 223 Å². The molecule has 0 N–H and O–H groups in total. The summed E-state index contributed by atoms with van der Waals surface area (Å²) in [4.78, 5) is 2.09. The van der Waals surface area contributed by atoms with Crippen LogP contribution in [-0.4, -0.2) is 46.7 Å². The largest absolute Gasteiger partial charge is 0.497 e. The summed E-state index contributed by atoms with van der Waals surface area (Å²) >= 11 is 0. The van der Waals surface area contributed by atoms with Gasteiger partial charge in [-0.1, -0.05) is 18.6 Å². The molecule has 0 amide bonds. The molecule has 0 radical (unpaired) electrons. The molecule has 0 bridgehead atoms. The minimum absolute atomic E-state index is 0.340. The van der Waals surface area contributed by atoms with Crippen molar-refractivity contribution in [3.8, 4) is 34.1 Å². The maximum atomic E-state index is 14.6. The third kappa shape index (κ3) is 5.92. The Hall–Kier alpha value is -3.62. The first-order chi connectivity index (χ1) is 18.5. The zero-order valence-corrected chi connectivity index (χ0v) is 22.1. The fourth-order valence-electron chi connectivity index (χ4n) is 4.76. The molecule has 0 atom stereocenters. The molecule has 1 aliphatic heterocycles. The van der Waals surface area contributed by atoms with E-state index in [0.717, 1.165) is 36.2 Å². The van der Waals surface area contributed by atoms with Crippen LogP contribution in [-0.2, 0) is 10.7 Å². The molecule has 0 unspecified atom stereocenters. The average Bonchev–Trinajstić information content (AvgIpc) is 2.94. The average molecular weight is 536 g/mol. The first kappa shape index (κ1) is 26.0. The number of nitrogens with zero attached hydrogens (tertiary/aromatic N) is 1. The van der Waals surface area contributed by atoms with E-state index in [1.165, 1.54) is 31.4 Å². The van der Waals surface area contributed by atoms with Crippen molar-refractivity contribution in [3.05, 3.63) is 78.6 Å². The zero-order valence-electron chi connectivity index (χ0n) is 21.2. The van der Waals surface area contributed by atoms with E-state index >= 15 is 0 Å². The SMILES string of the molecule is COc1ccc2c(Oc3ccc(OCCN4CCCCC4)cc3)c(-c3ccc([SH](=O)=O)c(F)c3)ccc2c1. The first-order valence-corrected chi connectivity index (χ1v) is 13.9. The summed E-state index contributed by atoms with van der Waals surface area (Å²) in [7, 11) is -1.42. The molecule has 6 nitrogen and oxygen atoms in total. The second kappa shape index (κ2) is 11.8. The van der Waals surface area contributed by atoms with Crippen molar-refractivity contribution in [1.82, 2.24) is 4.90 Å². The maximum Gasteiger partial charge on any atom is 0.171 e. The number of hydrogen-bond donors (Lipinski definition) is 1. The van der Waals surface area contributed by atoms with E-state index in [0.29, 0.717) is 35.0 Å². The van der Waals surface area contributed by atoms with Gasteiger partial charge >= 0.3 is 0 Å². The first-order valence-electron chi connectivity index (χ1n) is 12.7.